The first-order valence-corrected chi connectivity index (χ1v) is 10.7. The van der Waals surface area contributed by atoms with Crippen LogP contribution in [0.3, 0.4) is 0 Å². The number of piperidine rings is 1. The summed E-state index contributed by atoms with van der Waals surface area (Å²) in [4.78, 5) is 24.0. The largest absolute Gasteiger partial charge is 0.480 e. The molecule has 1 aliphatic heterocycles. The number of carboxylic acid groups (broad SMARTS) is 1. The van der Waals surface area contributed by atoms with Gasteiger partial charge in [-0.15, -0.1) is 0 Å². The molecule has 0 radical (unpaired) electrons. The van der Waals surface area contributed by atoms with Gasteiger partial charge in [0, 0.05) is 18.1 Å². The maximum absolute atomic E-state index is 12.8. The predicted octanol–water partition coefficient (Wildman–Crippen LogP) is 2.36. The lowest BCUT2D eigenvalue weighted by molar-refractivity contribution is -0.143. The predicted molar refractivity (Wildman–Crippen MR) is 102 cm³/mol. The van der Waals surface area contributed by atoms with Gasteiger partial charge in [0.25, 0.3) is 0 Å². The molecule has 150 valence electrons. The number of hydrogen-bond donors (Lipinski definition) is 2. The van der Waals surface area contributed by atoms with Crippen molar-refractivity contribution < 1.29 is 23.1 Å². The number of aliphatic carboxylic acids is 1. The summed E-state index contributed by atoms with van der Waals surface area (Å²) in [5.74, 6) is -1.97. The van der Waals surface area contributed by atoms with E-state index >= 15 is 0 Å². The number of nitrogens with zero attached hydrogens (tertiary/aromatic N) is 1. The van der Waals surface area contributed by atoms with Gasteiger partial charge in [0.05, 0.1) is 10.8 Å². The number of benzene rings is 1. The average Bonchev–Trinajstić information content (AvgIpc) is 2.61. The average molecular weight is 417 g/mol. The second-order valence-electron chi connectivity index (χ2n) is 7.19. The number of carbonyl (C=O) groups excluding carboxylic acids is 1. The zero-order valence-electron chi connectivity index (χ0n) is 15.4. The number of carbonyl (C=O) groups is 2. The summed E-state index contributed by atoms with van der Waals surface area (Å²) in [5, 5.41) is 12.3. The number of nitrogens with one attached hydrogen (secondary N) is 1. The lowest BCUT2D eigenvalue weighted by atomic mass is 9.97. The van der Waals surface area contributed by atoms with Crippen molar-refractivity contribution in [2.24, 2.45) is 11.8 Å². The van der Waals surface area contributed by atoms with Crippen LogP contribution in [-0.4, -0.2) is 48.8 Å². The van der Waals surface area contributed by atoms with Gasteiger partial charge in [-0.2, -0.15) is 4.31 Å². The molecule has 2 N–H and O–H groups in total. The second kappa shape index (κ2) is 9.03. The molecule has 2 rings (SSSR count). The standard InChI is InChI=1S/C18H25ClN2O5S/c1-12(2)10-16(18(23)24)20-17(22)13-4-3-9-21(11-13)27(25,26)15-7-5-14(19)6-8-15/h5-8,12-13,16H,3-4,9-11H2,1-2H3,(H,20,22)(H,23,24)/t13?,16-/m1/s1. The van der Waals surface area contributed by atoms with E-state index in [0.29, 0.717) is 30.8 Å². The Labute approximate surface area is 164 Å². The lowest BCUT2D eigenvalue weighted by Crippen LogP contribution is -2.49. The summed E-state index contributed by atoms with van der Waals surface area (Å²) >= 11 is 5.81. The summed E-state index contributed by atoms with van der Waals surface area (Å²) in [6.45, 7) is 4.11. The normalized spacial score (nSPS) is 19.6. The molecule has 0 aromatic heterocycles. The van der Waals surface area contributed by atoms with Crippen molar-refractivity contribution in [3.8, 4) is 0 Å². The van der Waals surface area contributed by atoms with E-state index < -0.39 is 33.9 Å². The van der Waals surface area contributed by atoms with Crippen LogP contribution in [-0.2, 0) is 19.6 Å². The van der Waals surface area contributed by atoms with Crippen LogP contribution in [0.2, 0.25) is 5.02 Å². The molecule has 1 aromatic carbocycles. The van der Waals surface area contributed by atoms with E-state index in [1.54, 1.807) is 0 Å². The molecular weight excluding hydrogens is 392 g/mol. The SMILES string of the molecule is CC(C)C[C@@H](NC(=O)C1CCCN(S(=O)(=O)c2ccc(Cl)cc2)C1)C(=O)O. The third kappa shape index (κ3) is 5.67. The van der Waals surface area contributed by atoms with Gasteiger partial charge in [0.1, 0.15) is 6.04 Å². The molecule has 1 heterocycles. The van der Waals surface area contributed by atoms with Crippen molar-refractivity contribution in [1.29, 1.82) is 0 Å². The van der Waals surface area contributed by atoms with Crippen LogP contribution < -0.4 is 5.32 Å². The highest BCUT2D eigenvalue weighted by atomic mass is 35.5. The smallest absolute Gasteiger partial charge is 0.326 e. The van der Waals surface area contributed by atoms with Gasteiger partial charge in [0.15, 0.2) is 0 Å². The van der Waals surface area contributed by atoms with E-state index in [4.69, 9.17) is 11.6 Å². The molecule has 1 saturated heterocycles. The Morgan fingerprint density at radius 2 is 1.93 bits per heavy atom. The van der Waals surface area contributed by atoms with Crippen LogP contribution in [0.15, 0.2) is 29.2 Å². The Balaban J connectivity index is 2.09. The fourth-order valence-corrected chi connectivity index (χ4v) is 4.76. The van der Waals surface area contributed by atoms with Crippen molar-refractivity contribution in [2.45, 2.75) is 44.0 Å². The maximum Gasteiger partial charge on any atom is 0.326 e. The van der Waals surface area contributed by atoms with E-state index in [0.717, 1.165) is 0 Å². The molecular formula is C18H25ClN2O5S. The molecule has 1 fully saturated rings. The van der Waals surface area contributed by atoms with E-state index in [1.165, 1.54) is 28.6 Å². The van der Waals surface area contributed by atoms with Gasteiger partial charge >= 0.3 is 5.97 Å². The van der Waals surface area contributed by atoms with Crippen LogP contribution in [0.5, 0.6) is 0 Å². The molecule has 0 bridgehead atoms. The minimum Gasteiger partial charge on any atom is -0.480 e. The Hall–Kier alpha value is -1.64. The Morgan fingerprint density at radius 3 is 2.48 bits per heavy atom. The summed E-state index contributed by atoms with van der Waals surface area (Å²) in [7, 11) is -3.73. The summed E-state index contributed by atoms with van der Waals surface area (Å²) in [6, 6.07) is 4.91. The molecule has 1 amide bonds. The molecule has 0 spiro atoms. The van der Waals surface area contributed by atoms with Crippen LogP contribution >= 0.6 is 11.6 Å². The zero-order chi connectivity index (χ0) is 20.2. The number of halogens is 1. The number of hydrogen-bond acceptors (Lipinski definition) is 4. The maximum atomic E-state index is 12.8. The van der Waals surface area contributed by atoms with E-state index in [-0.39, 0.29) is 17.4 Å². The highest BCUT2D eigenvalue weighted by Gasteiger charge is 2.34. The fraction of sp³-hybridized carbons (Fsp3) is 0.556. The third-order valence-corrected chi connectivity index (χ3v) is 6.66. The minimum absolute atomic E-state index is 0.0326. The highest BCUT2D eigenvalue weighted by Crippen LogP contribution is 2.25. The summed E-state index contributed by atoms with van der Waals surface area (Å²) in [5.41, 5.74) is 0. The zero-order valence-corrected chi connectivity index (χ0v) is 17.0. The summed E-state index contributed by atoms with van der Waals surface area (Å²) in [6.07, 6.45) is 1.37. The van der Waals surface area contributed by atoms with Gasteiger partial charge < -0.3 is 10.4 Å². The second-order valence-corrected chi connectivity index (χ2v) is 9.56. The van der Waals surface area contributed by atoms with Gasteiger partial charge in [-0.1, -0.05) is 25.4 Å². The minimum atomic E-state index is -3.73. The number of sulfonamides is 1. The molecule has 1 aliphatic rings. The Kier molecular flexibility index (Phi) is 7.25. The molecule has 1 unspecified atom stereocenters. The first-order valence-electron chi connectivity index (χ1n) is 8.90. The van der Waals surface area contributed by atoms with E-state index in [1.807, 2.05) is 13.8 Å². The monoisotopic (exact) mass is 416 g/mol. The molecule has 27 heavy (non-hydrogen) atoms. The quantitative estimate of drug-likeness (QED) is 0.710. The van der Waals surface area contributed by atoms with Gasteiger partial charge in [0.2, 0.25) is 15.9 Å². The first-order chi connectivity index (χ1) is 12.6. The van der Waals surface area contributed by atoms with Gasteiger partial charge in [-0.25, -0.2) is 13.2 Å². The Morgan fingerprint density at radius 1 is 1.30 bits per heavy atom. The van der Waals surface area contributed by atoms with Crippen molar-refractivity contribution >= 4 is 33.5 Å². The number of carboxylic acids is 1. The van der Waals surface area contributed by atoms with Crippen molar-refractivity contribution in [1.82, 2.24) is 9.62 Å². The Bertz CT molecular complexity index is 779. The van der Waals surface area contributed by atoms with Crippen molar-refractivity contribution in [3.63, 3.8) is 0 Å². The molecule has 0 aliphatic carbocycles. The molecule has 9 heteroatoms. The van der Waals surface area contributed by atoms with Crippen LogP contribution in [0.25, 0.3) is 0 Å². The van der Waals surface area contributed by atoms with Crippen molar-refractivity contribution in [2.75, 3.05) is 13.1 Å². The van der Waals surface area contributed by atoms with Crippen LogP contribution in [0.4, 0.5) is 0 Å². The van der Waals surface area contributed by atoms with Crippen LogP contribution in [0, 0.1) is 11.8 Å². The number of amides is 1. The fourth-order valence-electron chi connectivity index (χ4n) is 3.11. The lowest BCUT2D eigenvalue weighted by Gasteiger charge is -2.32. The van der Waals surface area contributed by atoms with E-state index in [2.05, 4.69) is 5.32 Å². The van der Waals surface area contributed by atoms with Gasteiger partial charge in [-0.05, 0) is 49.4 Å². The van der Waals surface area contributed by atoms with Crippen molar-refractivity contribution in [3.05, 3.63) is 29.3 Å². The first kappa shape index (κ1) is 21.7. The van der Waals surface area contributed by atoms with Crippen LogP contribution in [0.1, 0.15) is 33.1 Å². The third-order valence-electron chi connectivity index (χ3n) is 4.53. The topological polar surface area (TPSA) is 104 Å². The molecule has 7 nitrogen and oxygen atoms in total. The summed E-state index contributed by atoms with van der Waals surface area (Å²) < 4.78 is 26.9. The molecule has 2 atom stereocenters. The molecule has 0 saturated carbocycles. The number of rotatable bonds is 7. The van der Waals surface area contributed by atoms with E-state index in [9.17, 15) is 23.1 Å². The molecule has 1 aromatic rings. The highest BCUT2D eigenvalue weighted by molar-refractivity contribution is 7.89. The van der Waals surface area contributed by atoms with Gasteiger partial charge in [-0.3, -0.25) is 4.79 Å².